The summed E-state index contributed by atoms with van der Waals surface area (Å²) in [5, 5.41) is 0.222. The van der Waals surface area contributed by atoms with Crippen LogP contribution in [0.1, 0.15) is 25.0 Å². The zero-order chi connectivity index (χ0) is 17.7. The summed E-state index contributed by atoms with van der Waals surface area (Å²) >= 11 is 12.1. The van der Waals surface area contributed by atoms with Gasteiger partial charge in [0.25, 0.3) is 0 Å². The fraction of sp³-hybridized carbons (Fsp3) is 0.222. The highest BCUT2D eigenvalue weighted by Gasteiger charge is 2.14. The Bertz CT molecular complexity index is 791. The van der Waals surface area contributed by atoms with Crippen molar-refractivity contribution in [3.8, 4) is 11.1 Å². The normalized spacial score (nSPS) is 11.0. The van der Waals surface area contributed by atoms with E-state index in [1.54, 1.807) is 13.0 Å². The van der Waals surface area contributed by atoms with Crippen LogP contribution in [-0.2, 0) is 16.0 Å². The number of hydrogen-bond acceptors (Lipinski definition) is 3. The monoisotopic (exact) mass is 367 g/mol. The number of rotatable bonds is 5. The summed E-state index contributed by atoms with van der Waals surface area (Å²) < 4.78 is 19.3. The molecule has 0 spiro atoms. The van der Waals surface area contributed by atoms with Gasteiger partial charge in [-0.2, -0.15) is 0 Å². The van der Waals surface area contributed by atoms with Gasteiger partial charge < -0.3 is 4.74 Å². The third kappa shape index (κ3) is 4.34. The molecule has 1 heterocycles. The van der Waals surface area contributed by atoms with Crippen molar-refractivity contribution in [1.29, 1.82) is 0 Å². The molecule has 0 unspecified atom stereocenters. The molecule has 0 aliphatic rings. The van der Waals surface area contributed by atoms with Crippen LogP contribution in [0.25, 0.3) is 17.2 Å². The number of ether oxygens (including phenoxy) is 1. The molecular weight excluding hydrogens is 352 g/mol. The van der Waals surface area contributed by atoms with E-state index in [0.29, 0.717) is 16.7 Å². The number of pyridine rings is 1. The maximum absolute atomic E-state index is 14.5. The number of carbonyl (C=O) groups is 1. The summed E-state index contributed by atoms with van der Waals surface area (Å²) in [6.07, 6.45) is 3.40. The molecule has 24 heavy (non-hydrogen) atoms. The second-order valence-electron chi connectivity index (χ2n) is 4.95. The molecule has 3 nitrogen and oxygen atoms in total. The molecule has 2 rings (SSSR count). The Balaban J connectivity index is 2.55. The third-order valence-corrected chi connectivity index (χ3v) is 3.87. The first-order chi connectivity index (χ1) is 11.5. The number of hydrogen-bond donors (Lipinski definition) is 0. The number of esters is 1. The molecule has 126 valence electrons. The number of aryl methyl sites for hydroxylation is 1. The van der Waals surface area contributed by atoms with E-state index in [-0.39, 0.29) is 16.9 Å². The van der Waals surface area contributed by atoms with Gasteiger partial charge in [-0.25, -0.2) is 14.2 Å². The maximum atomic E-state index is 14.5. The fourth-order valence-corrected chi connectivity index (χ4v) is 2.71. The summed E-state index contributed by atoms with van der Waals surface area (Å²) in [4.78, 5) is 15.5. The smallest absolute Gasteiger partial charge is 0.330 e. The lowest BCUT2D eigenvalue weighted by Gasteiger charge is -2.11. The highest BCUT2D eigenvalue weighted by Crippen LogP contribution is 2.33. The lowest BCUT2D eigenvalue weighted by molar-refractivity contribution is -0.137. The van der Waals surface area contributed by atoms with Gasteiger partial charge in [-0.05, 0) is 42.7 Å². The van der Waals surface area contributed by atoms with Gasteiger partial charge in [0.15, 0.2) is 0 Å². The first-order valence-electron chi connectivity index (χ1n) is 7.45. The van der Waals surface area contributed by atoms with Crippen molar-refractivity contribution in [1.82, 2.24) is 4.98 Å². The SMILES string of the molecule is CCOC(=O)/C=C/c1c(-c2ccc(CC)cc2F)cc(Cl)nc1Cl. The van der Waals surface area contributed by atoms with Gasteiger partial charge in [-0.3, -0.25) is 0 Å². The predicted molar refractivity (Wildman–Crippen MR) is 94.7 cm³/mol. The van der Waals surface area contributed by atoms with Crippen molar-refractivity contribution in [3.63, 3.8) is 0 Å². The molecule has 0 aliphatic carbocycles. The molecule has 0 atom stereocenters. The first kappa shape index (κ1) is 18.4. The minimum Gasteiger partial charge on any atom is -0.463 e. The largest absolute Gasteiger partial charge is 0.463 e. The Labute approximate surface area is 150 Å². The van der Waals surface area contributed by atoms with Crippen molar-refractivity contribution < 1.29 is 13.9 Å². The Morgan fingerprint density at radius 3 is 2.62 bits per heavy atom. The van der Waals surface area contributed by atoms with Gasteiger partial charge in [0.2, 0.25) is 0 Å². The van der Waals surface area contributed by atoms with E-state index in [0.717, 1.165) is 12.0 Å². The van der Waals surface area contributed by atoms with Gasteiger partial charge in [-0.1, -0.05) is 42.3 Å². The Hall–Kier alpha value is -1.91. The highest BCUT2D eigenvalue weighted by atomic mass is 35.5. The average Bonchev–Trinajstić information content (AvgIpc) is 2.53. The zero-order valence-electron chi connectivity index (χ0n) is 13.3. The zero-order valence-corrected chi connectivity index (χ0v) is 14.8. The molecular formula is C18H16Cl2FNO2. The van der Waals surface area contributed by atoms with Crippen LogP contribution in [0.4, 0.5) is 4.39 Å². The van der Waals surface area contributed by atoms with Gasteiger partial charge in [0.1, 0.15) is 16.1 Å². The molecule has 1 aromatic carbocycles. The van der Waals surface area contributed by atoms with Crippen LogP contribution in [0.5, 0.6) is 0 Å². The average molecular weight is 368 g/mol. The standard InChI is InChI=1S/C18H16Cl2FNO2/c1-3-11-5-6-12(15(21)9-11)14-10-16(19)22-18(20)13(14)7-8-17(23)24-4-2/h5-10H,3-4H2,1-2H3/b8-7+. The number of aromatic nitrogens is 1. The minimum atomic E-state index is -0.517. The van der Waals surface area contributed by atoms with E-state index in [2.05, 4.69) is 4.98 Å². The van der Waals surface area contributed by atoms with Gasteiger partial charge in [0.05, 0.1) is 6.61 Å². The van der Waals surface area contributed by atoms with Crippen molar-refractivity contribution >= 4 is 35.2 Å². The van der Waals surface area contributed by atoms with Gasteiger partial charge >= 0.3 is 5.97 Å². The van der Waals surface area contributed by atoms with Crippen LogP contribution in [-0.4, -0.2) is 17.6 Å². The molecule has 0 fully saturated rings. The van der Waals surface area contributed by atoms with E-state index >= 15 is 0 Å². The first-order valence-corrected chi connectivity index (χ1v) is 8.21. The maximum Gasteiger partial charge on any atom is 0.330 e. The molecule has 6 heteroatoms. The second-order valence-corrected chi connectivity index (χ2v) is 5.70. The summed E-state index contributed by atoms with van der Waals surface area (Å²) in [6.45, 7) is 3.91. The molecule has 0 bridgehead atoms. The summed E-state index contributed by atoms with van der Waals surface area (Å²) in [7, 11) is 0. The van der Waals surface area contributed by atoms with E-state index in [1.807, 2.05) is 13.0 Å². The van der Waals surface area contributed by atoms with Crippen LogP contribution in [0.3, 0.4) is 0 Å². The van der Waals surface area contributed by atoms with Crippen LogP contribution < -0.4 is 0 Å². The summed E-state index contributed by atoms with van der Waals surface area (Å²) in [5.41, 5.74) is 2.07. The Kier molecular flexibility index (Phi) is 6.35. The molecule has 0 aliphatic heterocycles. The fourth-order valence-electron chi connectivity index (χ4n) is 2.21. The molecule has 0 amide bonds. The molecule has 0 radical (unpaired) electrons. The molecule has 0 saturated carbocycles. The van der Waals surface area contributed by atoms with Crippen molar-refractivity contribution in [2.45, 2.75) is 20.3 Å². The van der Waals surface area contributed by atoms with E-state index in [1.165, 1.54) is 24.3 Å². The summed E-state index contributed by atoms with van der Waals surface area (Å²) in [6, 6.07) is 6.48. The van der Waals surface area contributed by atoms with Crippen molar-refractivity contribution in [2.75, 3.05) is 6.61 Å². The van der Waals surface area contributed by atoms with Crippen molar-refractivity contribution in [3.05, 3.63) is 57.6 Å². The number of carbonyl (C=O) groups excluding carboxylic acids is 1. The van der Waals surface area contributed by atoms with Crippen molar-refractivity contribution in [2.24, 2.45) is 0 Å². The van der Waals surface area contributed by atoms with Gasteiger partial charge in [-0.15, -0.1) is 0 Å². The molecule has 2 aromatic rings. The van der Waals surface area contributed by atoms with Crippen LogP contribution >= 0.6 is 23.2 Å². The van der Waals surface area contributed by atoms with Crippen LogP contribution in [0, 0.1) is 5.82 Å². The minimum absolute atomic E-state index is 0.0806. The number of benzene rings is 1. The lowest BCUT2D eigenvalue weighted by Crippen LogP contribution is -1.99. The third-order valence-electron chi connectivity index (χ3n) is 3.39. The molecule has 0 saturated heterocycles. The lowest BCUT2D eigenvalue weighted by atomic mass is 9.99. The number of halogens is 3. The topological polar surface area (TPSA) is 39.2 Å². The van der Waals surface area contributed by atoms with E-state index < -0.39 is 11.8 Å². The summed E-state index contributed by atoms with van der Waals surface area (Å²) in [5.74, 6) is -0.908. The highest BCUT2D eigenvalue weighted by molar-refractivity contribution is 6.34. The predicted octanol–water partition coefficient (Wildman–Crippen LogP) is 5.33. The Morgan fingerprint density at radius 1 is 1.25 bits per heavy atom. The van der Waals surface area contributed by atoms with E-state index in [9.17, 15) is 9.18 Å². The number of nitrogens with zero attached hydrogens (tertiary/aromatic N) is 1. The van der Waals surface area contributed by atoms with Crippen LogP contribution in [0.15, 0.2) is 30.3 Å². The molecule has 0 N–H and O–H groups in total. The van der Waals surface area contributed by atoms with E-state index in [4.69, 9.17) is 27.9 Å². The quantitative estimate of drug-likeness (QED) is 0.407. The molecule has 1 aromatic heterocycles. The Morgan fingerprint density at radius 2 is 2.00 bits per heavy atom. The second kappa shape index (κ2) is 8.27. The van der Waals surface area contributed by atoms with Gasteiger partial charge in [0, 0.05) is 17.2 Å². The van der Waals surface area contributed by atoms with Crippen LogP contribution in [0.2, 0.25) is 10.3 Å².